The molecule has 0 heterocycles. The van der Waals surface area contributed by atoms with Crippen LogP contribution in [0.25, 0.3) is 0 Å². The van der Waals surface area contributed by atoms with Crippen LogP contribution >= 0.6 is 0 Å². The van der Waals surface area contributed by atoms with Gasteiger partial charge in [0.15, 0.2) is 0 Å². The normalized spacial score (nSPS) is 10.2. The first-order valence-electron chi connectivity index (χ1n) is 8.60. The number of benzene rings is 2. The van der Waals surface area contributed by atoms with Crippen molar-refractivity contribution in [2.45, 2.75) is 20.8 Å². The Bertz CT molecular complexity index is 712. The number of carbonyl (C=O) groups excluding carboxylic acids is 1. The van der Waals surface area contributed by atoms with Gasteiger partial charge in [-0.3, -0.25) is 4.79 Å². The summed E-state index contributed by atoms with van der Waals surface area (Å²) < 4.78 is 5.18. The third-order valence-corrected chi connectivity index (χ3v) is 4.14. The van der Waals surface area contributed by atoms with Crippen LogP contribution in [0.4, 0.5) is 17.1 Å². The average Bonchev–Trinajstić information content (AvgIpc) is 2.63. The van der Waals surface area contributed by atoms with Gasteiger partial charge in [0, 0.05) is 36.2 Å². The summed E-state index contributed by atoms with van der Waals surface area (Å²) in [6.45, 7) is 8.41. The van der Waals surface area contributed by atoms with E-state index >= 15 is 0 Å². The highest BCUT2D eigenvalue weighted by Crippen LogP contribution is 2.22. The van der Waals surface area contributed by atoms with Crippen LogP contribution in [-0.2, 0) is 4.79 Å². The van der Waals surface area contributed by atoms with Gasteiger partial charge in [0.2, 0.25) is 5.91 Å². The van der Waals surface area contributed by atoms with Gasteiger partial charge in [-0.2, -0.15) is 0 Å². The molecule has 0 aromatic heterocycles. The predicted octanol–water partition coefficient (Wildman–Crippen LogP) is 3.90. The standard InChI is InChI=1S/C20H27N3O2/c1-5-23(6-2)17-10-11-19(15(3)12-17)22-20(24)14-21-16-8-7-9-18(13-16)25-4/h7-13,21H,5-6,14H2,1-4H3,(H,22,24). The van der Waals surface area contributed by atoms with E-state index in [0.29, 0.717) is 0 Å². The van der Waals surface area contributed by atoms with E-state index in [1.54, 1.807) is 7.11 Å². The molecule has 25 heavy (non-hydrogen) atoms. The lowest BCUT2D eigenvalue weighted by Crippen LogP contribution is -2.23. The second-order valence-electron chi connectivity index (χ2n) is 5.81. The van der Waals surface area contributed by atoms with Crippen molar-refractivity contribution in [3.63, 3.8) is 0 Å². The molecule has 0 aliphatic rings. The van der Waals surface area contributed by atoms with Gasteiger partial charge in [0.05, 0.1) is 13.7 Å². The second kappa shape index (κ2) is 8.97. The Morgan fingerprint density at radius 1 is 1.12 bits per heavy atom. The Hall–Kier alpha value is -2.69. The summed E-state index contributed by atoms with van der Waals surface area (Å²) in [4.78, 5) is 14.5. The third-order valence-electron chi connectivity index (χ3n) is 4.14. The average molecular weight is 341 g/mol. The topological polar surface area (TPSA) is 53.6 Å². The molecule has 1 amide bonds. The lowest BCUT2D eigenvalue weighted by Gasteiger charge is -2.22. The van der Waals surface area contributed by atoms with Gasteiger partial charge in [0.1, 0.15) is 5.75 Å². The number of amides is 1. The zero-order valence-corrected chi connectivity index (χ0v) is 15.4. The molecule has 5 nitrogen and oxygen atoms in total. The van der Waals surface area contributed by atoms with E-state index in [-0.39, 0.29) is 12.5 Å². The summed E-state index contributed by atoms with van der Waals surface area (Å²) in [5, 5.41) is 6.07. The van der Waals surface area contributed by atoms with Crippen molar-refractivity contribution in [2.75, 3.05) is 42.3 Å². The van der Waals surface area contributed by atoms with E-state index in [4.69, 9.17) is 4.74 Å². The third kappa shape index (κ3) is 5.14. The molecule has 2 N–H and O–H groups in total. The Morgan fingerprint density at radius 3 is 2.52 bits per heavy atom. The van der Waals surface area contributed by atoms with Crippen molar-refractivity contribution >= 4 is 23.0 Å². The fourth-order valence-corrected chi connectivity index (χ4v) is 2.68. The van der Waals surface area contributed by atoms with Crippen LogP contribution in [-0.4, -0.2) is 32.7 Å². The molecular formula is C20H27N3O2. The number of anilines is 3. The van der Waals surface area contributed by atoms with E-state index < -0.39 is 0 Å². The molecule has 2 rings (SSSR count). The number of rotatable bonds is 8. The Morgan fingerprint density at radius 2 is 1.88 bits per heavy atom. The van der Waals surface area contributed by atoms with Gasteiger partial charge in [-0.1, -0.05) is 6.07 Å². The van der Waals surface area contributed by atoms with Crippen LogP contribution in [0.15, 0.2) is 42.5 Å². The largest absolute Gasteiger partial charge is 0.497 e. The van der Waals surface area contributed by atoms with E-state index in [0.717, 1.165) is 35.8 Å². The highest BCUT2D eigenvalue weighted by molar-refractivity contribution is 5.94. The van der Waals surface area contributed by atoms with E-state index in [9.17, 15) is 4.79 Å². The first kappa shape index (κ1) is 18.6. The molecule has 0 fully saturated rings. The number of aryl methyl sites for hydroxylation is 1. The number of nitrogens with zero attached hydrogens (tertiary/aromatic N) is 1. The number of carbonyl (C=O) groups is 1. The van der Waals surface area contributed by atoms with Crippen LogP contribution in [0.2, 0.25) is 0 Å². The van der Waals surface area contributed by atoms with E-state index in [2.05, 4.69) is 35.4 Å². The minimum absolute atomic E-state index is 0.0819. The van der Waals surface area contributed by atoms with Gasteiger partial charge in [-0.15, -0.1) is 0 Å². The zero-order valence-electron chi connectivity index (χ0n) is 15.4. The molecule has 0 radical (unpaired) electrons. The minimum atomic E-state index is -0.0819. The van der Waals surface area contributed by atoms with Gasteiger partial charge < -0.3 is 20.3 Å². The Labute approximate surface area is 150 Å². The second-order valence-corrected chi connectivity index (χ2v) is 5.81. The monoisotopic (exact) mass is 341 g/mol. The molecule has 0 saturated heterocycles. The molecule has 0 aliphatic carbocycles. The highest BCUT2D eigenvalue weighted by atomic mass is 16.5. The SMILES string of the molecule is CCN(CC)c1ccc(NC(=O)CNc2cccc(OC)c2)c(C)c1. The number of hydrogen-bond acceptors (Lipinski definition) is 4. The Balaban J connectivity index is 1.95. The summed E-state index contributed by atoms with van der Waals surface area (Å²) in [5.41, 5.74) is 3.92. The fraction of sp³-hybridized carbons (Fsp3) is 0.350. The number of methoxy groups -OCH3 is 1. The molecule has 2 aromatic rings. The zero-order chi connectivity index (χ0) is 18.2. The van der Waals surface area contributed by atoms with Crippen molar-refractivity contribution in [1.82, 2.24) is 0 Å². The van der Waals surface area contributed by atoms with Crippen molar-refractivity contribution in [3.8, 4) is 5.75 Å². The minimum Gasteiger partial charge on any atom is -0.497 e. The van der Waals surface area contributed by atoms with Gasteiger partial charge in [-0.25, -0.2) is 0 Å². The molecule has 0 bridgehead atoms. The van der Waals surface area contributed by atoms with Crippen LogP contribution in [0, 0.1) is 6.92 Å². The number of ether oxygens (including phenoxy) is 1. The molecule has 2 aromatic carbocycles. The quantitative estimate of drug-likeness (QED) is 0.764. The summed E-state index contributed by atoms with van der Waals surface area (Å²) in [6, 6.07) is 13.6. The number of hydrogen-bond donors (Lipinski definition) is 2. The molecule has 0 saturated carbocycles. The molecule has 0 atom stereocenters. The van der Waals surface area contributed by atoms with Crippen LogP contribution in [0.1, 0.15) is 19.4 Å². The highest BCUT2D eigenvalue weighted by Gasteiger charge is 2.08. The van der Waals surface area contributed by atoms with Crippen molar-refractivity contribution in [3.05, 3.63) is 48.0 Å². The van der Waals surface area contributed by atoms with E-state index in [1.165, 1.54) is 5.69 Å². The van der Waals surface area contributed by atoms with Crippen LogP contribution < -0.4 is 20.3 Å². The maximum atomic E-state index is 12.2. The summed E-state index contributed by atoms with van der Waals surface area (Å²) in [7, 11) is 1.62. The van der Waals surface area contributed by atoms with Gasteiger partial charge in [0.25, 0.3) is 0 Å². The maximum absolute atomic E-state index is 12.2. The first-order valence-corrected chi connectivity index (χ1v) is 8.60. The molecule has 5 heteroatoms. The summed E-state index contributed by atoms with van der Waals surface area (Å²) in [6.07, 6.45) is 0. The van der Waals surface area contributed by atoms with Gasteiger partial charge in [-0.05, 0) is 56.7 Å². The molecule has 0 aliphatic heterocycles. The smallest absolute Gasteiger partial charge is 0.243 e. The van der Waals surface area contributed by atoms with Crippen LogP contribution in [0.3, 0.4) is 0 Å². The fourth-order valence-electron chi connectivity index (χ4n) is 2.68. The summed E-state index contributed by atoms with van der Waals surface area (Å²) in [5.74, 6) is 0.676. The Kier molecular flexibility index (Phi) is 6.69. The molecular weight excluding hydrogens is 314 g/mol. The van der Waals surface area contributed by atoms with Crippen molar-refractivity contribution < 1.29 is 9.53 Å². The lowest BCUT2D eigenvalue weighted by molar-refractivity contribution is -0.114. The van der Waals surface area contributed by atoms with Crippen molar-refractivity contribution in [2.24, 2.45) is 0 Å². The summed E-state index contributed by atoms with van der Waals surface area (Å²) >= 11 is 0. The number of nitrogens with one attached hydrogen (secondary N) is 2. The van der Waals surface area contributed by atoms with E-state index in [1.807, 2.05) is 43.3 Å². The molecule has 0 unspecified atom stereocenters. The molecule has 0 spiro atoms. The van der Waals surface area contributed by atoms with Crippen LogP contribution in [0.5, 0.6) is 5.75 Å². The maximum Gasteiger partial charge on any atom is 0.243 e. The first-order chi connectivity index (χ1) is 12.1. The molecule has 134 valence electrons. The lowest BCUT2D eigenvalue weighted by atomic mass is 10.1. The van der Waals surface area contributed by atoms with Gasteiger partial charge >= 0.3 is 0 Å². The predicted molar refractivity (Wildman–Crippen MR) is 105 cm³/mol. The van der Waals surface area contributed by atoms with Crippen molar-refractivity contribution in [1.29, 1.82) is 0 Å².